The number of hydrogen-bond donors (Lipinski definition) is 0. The lowest BCUT2D eigenvalue weighted by Gasteiger charge is -2.33. The van der Waals surface area contributed by atoms with E-state index in [-0.39, 0.29) is 12.1 Å². The molecule has 2 rings (SSSR count). The molecule has 178 valence electrons. The van der Waals surface area contributed by atoms with Crippen molar-refractivity contribution in [3.05, 3.63) is 21.9 Å². The van der Waals surface area contributed by atoms with Gasteiger partial charge in [0.1, 0.15) is 5.60 Å². The Balaban J connectivity index is 0.00000233. The number of hydrogen-bond acceptors (Lipinski definition) is 5. The molecule has 1 fully saturated rings. The summed E-state index contributed by atoms with van der Waals surface area (Å²) in [5.41, 5.74) is -0.418. The Kier molecular flexibility index (Phi) is 14.6. The summed E-state index contributed by atoms with van der Waals surface area (Å²) in [4.78, 5) is 27.9. The Labute approximate surface area is 215 Å². The van der Waals surface area contributed by atoms with Crippen molar-refractivity contribution in [2.45, 2.75) is 84.2 Å². The highest BCUT2D eigenvalue weighted by molar-refractivity contribution is 15.0. The first-order chi connectivity index (χ1) is 14.8. The molecule has 8 heteroatoms. The number of carbonyl (C=O) groups excluding carboxylic acids is 2. The van der Waals surface area contributed by atoms with Crippen LogP contribution in [0.4, 0.5) is 4.79 Å². The number of amides is 1. The van der Waals surface area contributed by atoms with Crippen molar-refractivity contribution in [1.29, 1.82) is 0 Å². The lowest BCUT2D eigenvalue weighted by Crippen LogP contribution is -2.41. The van der Waals surface area contributed by atoms with E-state index in [4.69, 9.17) is 9.47 Å². The van der Waals surface area contributed by atoms with Gasteiger partial charge in [-0.05, 0) is 70.9 Å². The number of likely N-dealkylation sites (tertiary alicyclic amines) is 1. The third kappa shape index (κ3) is 12.6. The minimum absolute atomic E-state index is 0.142. The summed E-state index contributed by atoms with van der Waals surface area (Å²) in [6.45, 7) is 7.39. The summed E-state index contributed by atoms with van der Waals surface area (Å²) in [5.74, 6) is 0.595. The highest BCUT2D eigenvalue weighted by atomic mass is 128. The van der Waals surface area contributed by atoms with Gasteiger partial charge in [-0.2, -0.15) is 0 Å². The van der Waals surface area contributed by atoms with E-state index >= 15 is 0 Å². The standard InChI is InChI=1S/C23H37NO4S.I2/c1-23(2,3)28-22(26)24-16-14-18(15-17-24)8-6-5-7-9-19-10-11-20(29-19)12-13-21(25)27-4;1-2/h10-11,18H,5-9,12-17H2,1-4H3;. The van der Waals surface area contributed by atoms with Crippen LogP contribution >= 0.6 is 48.6 Å². The normalized spacial score (nSPS) is 14.6. The van der Waals surface area contributed by atoms with Gasteiger partial charge in [-0.15, -0.1) is 11.3 Å². The van der Waals surface area contributed by atoms with Gasteiger partial charge in [-0.1, -0.05) is 19.3 Å². The van der Waals surface area contributed by atoms with Gasteiger partial charge in [0.2, 0.25) is 0 Å². The maximum Gasteiger partial charge on any atom is 0.410 e. The number of aryl methyl sites for hydroxylation is 2. The lowest BCUT2D eigenvalue weighted by atomic mass is 9.91. The van der Waals surface area contributed by atoms with Gasteiger partial charge < -0.3 is 14.4 Å². The predicted octanol–water partition coefficient (Wildman–Crippen LogP) is 7.38. The summed E-state index contributed by atoms with van der Waals surface area (Å²) >= 11 is 6.06. The lowest BCUT2D eigenvalue weighted by molar-refractivity contribution is -0.140. The van der Waals surface area contributed by atoms with Gasteiger partial charge in [0.15, 0.2) is 0 Å². The topological polar surface area (TPSA) is 55.8 Å². The molecule has 0 spiro atoms. The number of methoxy groups -OCH3 is 1. The second kappa shape index (κ2) is 15.7. The van der Waals surface area contributed by atoms with Crippen LogP contribution in [-0.4, -0.2) is 42.8 Å². The summed E-state index contributed by atoms with van der Waals surface area (Å²) in [7, 11) is 1.44. The summed E-state index contributed by atoms with van der Waals surface area (Å²) < 4.78 is 10.2. The monoisotopic (exact) mass is 677 g/mol. The van der Waals surface area contributed by atoms with Crippen molar-refractivity contribution < 1.29 is 19.1 Å². The third-order valence-electron chi connectivity index (χ3n) is 5.32. The van der Waals surface area contributed by atoms with Gasteiger partial charge >= 0.3 is 12.1 Å². The van der Waals surface area contributed by atoms with Crippen LogP contribution in [0.1, 0.15) is 75.5 Å². The van der Waals surface area contributed by atoms with E-state index in [0.717, 1.165) is 44.7 Å². The van der Waals surface area contributed by atoms with Crippen molar-refractivity contribution in [2.75, 3.05) is 20.2 Å². The van der Waals surface area contributed by atoms with Crippen LogP contribution in [0.5, 0.6) is 0 Å². The van der Waals surface area contributed by atoms with Crippen molar-refractivity contribution in [1.82, 2.24) is 4.90 Å². The average Bonchev–Trinajstić information content (AvgIpc) is 3.20. The first kappa shape index (κ1) is 28.9. The number of esters is 1. The molecule has 1 aromatic rings. The number of rotatable bonds is 9. The molecule has 1 aliphatic heterocycles. The van der Waals surface area contributed by atoms with E-state index in [1.165, 1.54) is 42.5 Å². The second-order valence-electron chi connectivity index (χ2n) is 8.95. The molecule has 2 heterocycles. The first-order valence-corrected chi connectivity index (χ1v) is 18.1. The molecule has 0 bridgehead atoms. The van der Waals surface area contributed by atoms with E-state index in [9.17, 15) is 9.59 Å². The predicted molar refractivity (Wildman–Crippen MR) is 145 cm³/mol. The smallest absolute Gasteiger partial charge is 0.410 e. The SMILES string of the molecule is COC(=O)CCc1ccc(CCCCCC2CCN(C(=O)OC(C)(C)C)CC2)s1.II. The van der Waals surface area contributed by atoms with Crippen molar-refractivity contribution >= 4 is 60.6 Å². The molecule has 31 heavy (non-hydrogen) atoms. The van der Waals surface area contributed by atoms with Crippen LogP contribution in [0, 0.1) is 5.92 Å². The third-order valence-corrected chi connectivity index (χ3v) is 6.53. The Bertz CT molecular complexity index is 652. The van der Waals surface area contributed by atoms with E-state index in [2.05, 4.69) is 49.4 Å². The largest absolute Gasteiger partial charge is 0.469 e. The quantitative estimate of drug-likeness (QED) is 0.156. The number of piperidine rings is 1. The fraction of sp³-hybridized carbons (Fsp3) is 0.739. The molecule has 5 nitrogen and oxygen atoms in total. The maximum atomic E-state index is 12.1. The van der Waals surface area contributed by atoms with Crippen LogP contribution in [0.25, 0.3) is 0 Å². The van der Waals surface area contributed by atoms with Crippen molar-refractivity contribution in [3.8, 4) is 0 Å². The molecule has 1 saturated heterocycles. The minimum Gasteiger partial charge on any atom is -0.469 e. The zero-order valence-electron chi connectivity index (χ0n) is 19.3. The number of thiophene rings is 1. The van der Waals surface area contributed by atoms with E-state index in [0.29, 0.717) is 6.42 Å². The maximum absolute atomic E-state index is 12.1. The summed E-state index contributed by atoms with van der Waals surface area (Å²) in [5, 5.41) is 0. The highest BCUT2D eigenvalue weighted by Crippen LogP contribution is 2.25. The van der Waals surface area contributed by atoms with Gasteiger partial charge in [-0.3, -0.25) is 4.79 Å². The van der Waals surface area contributed by atoms with Gasteiger partial charge in [0.25, 0.3) is 0 Å². The molecule has 1 aromatic heterocycles. The molecule has 0 unspecified atom stereocenters. The van der Waals surface area contributed by atoms with Crippen LogP contribution in [0.2, 0.25) is 0 Å². The van der Waals surface area contributed by atoms with Crippen LogP contribution in [0.15, 0.2) is 12.1 Å². The Morgan fingerprint density at radius 2 is 1.68 bits per heavy atom. The molecular weight excluding hydrogens is 640 g/mol. The Morgan fingerprint density at radius 1 is 1.06 bits per heavy atom. The van der Waals surface area contributed by atoms with Crippen molar-refractivity contribution in [2.24, 2.45) is 5.92 Å². The van der Waals surface area contributed by atoms with Crippen LogP contribution < -0.4 is 0 Å². The van der Waals surface area contributed by atoms with Crippen LogP contribution in [0.3, 0.4) is 0 Å². The fourth-order valence-electron chi connectivity index (χ4n) is 3.66. The van der Waals surface area contributed by atoms with Crippen molar-refractivity contribution in [3.63, 3.8) is 0 Å². The average molecular weight is 677 g/mol. The minimum atomic E-state index is -0.418. The molecule has 0 atom stereocenters. The van der Waals surface area contributed by atoms with Gasteiger partial charge in [0.05, 0.1) is 13.5 Å². The highest BCUT2D eigenvalue weighted by Gasteiger charge is 2.26. The molecule has 1 amide bonds. The second-order valence-corrected chi connectivity index (χ2v) is 10.2. The Hall–Kier alpha value is -0.1000. The zero-order valence-corrected chi connectivity index (χ0v) is 24.4. The van der Waals surface area contributed by atoms with Gasteiger partial charge in [-0.25, -0.2) is 4.79 Å². The number of ether oxygens (including phenoxy) is 2. The zero-order chi connectivity index (χ0) is 23.3. The van der Waals surface area contributed by atoms with Crippen LogP contribution in [-0.2, 0) is 27.1 Å². The summed E-state index contributed by atoms with van der Waals surface area (Å²) in [6, 6.07) is 4.34. The number of halogens is 2. The fourth-order valence-corrected chi connectivity index (χ4v) is 4.72. The molecule has 0 aromatic carbocycles. The first-order valence-electron chi connectivity index (χ1n) is 11.0. The van der Waals surface area contributed by atoms with E-state index in [1.54, 1.807) is 0 Å². The number of unbranched alkanes of at least 4 members (excludes halogenated alkanes) is 2. The molecule has 0 saturated carbocycles. The molecule has 0 aliphatic carbocycles. The Morgan fingerprint density at radius 3 is 2.26 bits per heavy atom. The summed E-state index contributed by atoms with van der Waals surface area (Å²) in [6.07, 6.45) is 9.37. The van der Waals surface area contributed by atoms with E-state index in [1.807, 2.05) is 37.0 Å². The number of nitrogens with zero attached hydrogens (tertiary/aromatic N) is 1. The molecule has 0 radical (unpaired) electrons. The van der Waals surface area contributed by atoms with Gasteiger partial charge in [0, 0.05) is 60.1 Å². The molecule has 0 N–H and O–H groups in total. The number of carbonyl (C=O) groups is 2. The molecule has 1 aliphatic rings. The molecular formula is C23H37I2NO4S. The van der Waals surface area contributed by atoms with E-state index < -0.39 is 5.60 Å².